The smallest absolute Gasteiger partial charge is 0.337 e. The van der Waals surface area contributed by atoms with Crippen LogP contribution in [0.25, 0.3) is 11.1 Å². The second-order valence-corrected chi connectivity index (χ2v) is 11.4. The van der Waals surface area contributed by atoms with Crippen LogP contribution in [0, 0.1) is 19.8 Å². The number of ether oxygens (including phenoxy) is 1. The van der Waals surface area contributed by atoms with Gasteiger partial charge in [0.25, 0.3) is 0 Å². The van der Waals surface area contributed by atoms with Crippen molar-refractivity contribution in [2.75, 3.05) is 0 Å². The van der Waals surface area contributed by atoms with E-state index in [9.17, 15) is 14.7 Å². The van der Waals surface area contributed by atoms with E-state index < -0.39 is 17.7 Å². The molecule has 188 valence electrons. The first-order chi connectivity index (χ1) is 16.5. The number of carboxylic acids is 1. The van der Waals surface area contributed by atoms with Crippen LogP contribution in [-0.2, 0) is 27.4 Å². The van der Waals surface area contributed by atoms with Gasteiger partial charge in [0.2, 0.25) is 5.91 Å². The fourth-order valence-corrected chi connectivity index (χ4v) is 5.81. The van der Waals surface area contributed by atoms with Gasteiger partial charge in [-0.25, -0.2) is 4.79 Å². The van der Waals surface area contributed by atoms with Gasteiger partial charge in [-0.1, -0.05) is 43.0 Å². The van der Waals surface area contributed by atoms with Crippen molar-refractivity contribution in [1.82, 2.24) is 4.90 Å². The van der Waals surface area contributed by atoms with Gasteiger partial charge >= 0.3 is 5.97 Å². The average molecular weight is 498 g/mol. The number of hydrogen-bond donors (Lipinski definition) is 1. The number of nitrogens with zero attached hydrogens (tertiary/aromatic N) is 1. The summed E-state index contributed by atoms with van der Waals surface area (Å²) in [5.74, 6) is -0.689. The van der Waals surface area contributed by atoms with Crippen LogP contribution in [0.1, 0.15) is 86.8 Å². The first-order valence-electron chi connectivity index (χ1n) is 12.6. The minimum Gasteiger partial charge on any atom is -0.479 e. The molecule has 2 aliphatic rings. The number of rotatable bonds is 5. The molecule has 1 unspecified atom stereocenters. The second-order valence-electron chi connectivity index (χ2n) is 11.0. The first-order valence-corrected chi connectivity index (χ1v) is 13.0. The Kier molecular flexibility index (Phi) is 7.31. The van der Waals surface area contributed by atoms with E-state index in [1.807, 2.05) is 63.8 Å². The van der Waals surface area contributed by atoms with Crippen LogP contribution in [0.3, 0.4) is 0 Å². The molecule has 5 nitrogen and oxygen atoms in total. The van der Waals surface area contributed by atoms with Gasteiger partial charge < -0.3 is 14.7 Å². The molecule has 35 heavy (non-hydrogen) atoms. The summed E-state index contributed by atoms with van der Waals surface area (Å²) in [5, 5.41) is 10.9. The van der Waals surface area contributed by atoms with E-state index in [0.29, 0.717) is 23.7 Å². The lowest BCUT2D eigenvalue weighted by Crippen LogP contribution is -2.33. The Morgan fingerprint density at radius 1 is 1.00 bits per heavy atom. The Morgan fingerprint density at radius 3 is 2.11 bits per heavy atom. The summed E-state index contributed by atoms with van der Waals surface area (Å²) < 4.78 is 6.13. The lowest BCUT2D eigenvalue weighted by atomic mass is 9.83. The molecule has 1 aliphatic carbocycles. The topological polar surface area (TPSA) is 66.8 Å². The fraction of sp³-hybridized carbons (Fsp3) is 0.517. The Balaban J connectivity index is 1.85. The van der Waals surface area contributed by atoms with Crippen LogP contribution in [0.2, 0.25) is 5.02 Å². The maximum atomic E-state index is 13.4. The van der Waals surface area contributed by atoms with E-state index in [1.54, 1.807) is 0 Å². The van der Waals surface area contributed by atoms with E-state index in [0.717, 1.165) is 59.1 Å². The highest BCUT2D eigenvalue weighted by molar-refractivity contribution is 6.30. The van der Waals surface area contributed by atoms with E-state index in [-0.39, 0.29) is 11.8 Å². The van der Waals surface area contributed by atoms with Crippen molar-refractivity contribution in [1.29, 1.82) is 0 Å². The van der Waals surface area contributed by atoms with Gasteiger partial charge in [-0.2, -0.15) is 0 Å². The molecule has 1 N–H and O–H groups in total. The summed E-state index contributed by atoms with van der Waals surface area (Å²) in [4.78, 5) is 27.9. The monoisotopic (exact) mass is 497 g/mol. The molecule has 0 saturated heterocycles. The summed E-state index contributed by atoms with van der Waals surface area (Å²) in [7, 11) is 0. The zero-order chi connectivity index (χ0) is 25.5. The van der Waals surface area contributed by atoms with E-state index in [2.05, 4.69) is 0 Å². The number of carboxylic acid groups (broad SMARTS) is 1. The molecule has 4 rings (SSSR count). The predicted octanol–water partition coefficient (Wildman–Crippen LogP) is 6.99. The number of halogens is 1. The zero-order valence-electron chi connectivity index (χ0n) is 21.4. The number of hydrogen-bond acceptors (Lipinski definition) is 3. The van der Waals surface area contributed by atoms with Crippen LogP contribution in [-0.4, -0.2) is 27.5 Å². The summed E-state index contributed by atoms with van der Waals surface area (Å²) in [6.07, 6.45) is 4.24. The quantitative estimate of drug-likeness (QED) is 0.483. The van der Waals surface area contributed by atoms with Gasteiger partial charge in [0.1, 0.15) is 0 Å². The molecule has 6 heteroatoms. The number of aliphatic carboxylic acids is 1. The predicted molar refractivity (Wildman–Crippen MR) is 138 cm³/mol. The van der Waals surface area contributed by atoms with Crippen molar-refractivity contribution in [3.05, 3.63) is 57.1 Å². The molecule has 2 aromatic carbocycles. The normalized spacial score (nSPS) is 17.4. The lowest BCUT2D eigenvalue weighted by Gasteiger charge is -2.29. The van der Waals surface area contributed by atoms with E-state index >= 15 is 0 Å². The van der Waals surface area contributed by atoms with Gasteiger partial charge in [0.15, 0.2) is 6.10 Å². The summed E-state index contributed by atoms with van der Waals surface area (Å²) in [6.45, 7) is 10.7. The molecule has 1 heterocycles. The SMILES string of the molecule is Cc1c2c(c(C)c(C(OC(C)(C)C)C(=O)O)c1-c1ccc(Cl)cc1)CN(C(=O)C1CCCCC1)C2. The molecule has 0 bridgehead atoms. The Labute approximate surface area is 213 Å². The fourth-order valence-electron chi connectivity index (χ4n) is 5.69. The van der Waals surface area contributed by atoms with Gasteiger partial charge in [0.05, 0.1) is 5.60 Å². The third-order valence-electron chi connectivity index (χ3n) is 7.37. The lowest BCUT2D eigenvalue weighted by molar-refractivity contribution is -0.160. The molecule has 0 spiro atoms. The second kappa shape index (κ2) is 9.94. The molecule has 0 radical (unpaired) electrons. The van der Waals surface area contributed by atoms with Crippen LogP contribution in [0.5, 0.6) is 0 Å². The van der Waals surface area contributed by atoms with Crippen molar-refractivity contribution in [3.63, 3.8) is 0 Å². The van der Waals surface area contributed by atoms with Crippen molar-refractivity contribution in [2.24, 2.45) is 5.92 Å². The number of benzene rings is 2. The molecule has 1 fully saturated rings. The third-order valence-corrected chi connectivity index (χ3v) is 7.62. The number of amides is 1. The number of carbonyl (C=O) groups is 2. The highest BCUT2D eigenvalue weighted by atomic mass is 35.5. The molecule has 1 amide bonds. The summed E-state index contributed by atoms with van der Waals surface area (Å²) in [6, 6.07) is 7.50. The highest BCUT2D eigenvalue weighted by Crippen LogP contribution is 2.44. The van der Waals surface area contributed by atoms with Gasteiger partial charge in [0, 0.05) is 29.6 Å². The Morgan fingerprint density at radius 2 is 1.57 bits per heavy atom. The van der Waals surface area contributed by atoms with Crippen LogP contribution in [0.15, 0.2) is 24.3 Å². The number of fused-ring (bicyclic) bond motifs is 1. The molecular formula is C29H36ClNO4. The van der Waals surface area contributed by atoms with Crippen molar-refractivity contribution in [3.8, 4) is 11.1 Å². The third kappa shape index (κ3) is 5.26. The molecule has 2 aromatic rings. The van der Waals surface area contributed by atoms with E-state index in [4.69, 9.17) is 16.3 Å². The van der Waals surface area contributed by atoms with Crippen LogP contribution < -0.4 is 0 Å². The minimum atomic E-state index is -1.13. The van der Waals surface area contributed by atoms with Gasteiger partial charge in [-0.3, -0.25) is 4.79 Å². The molecule has 1 aliphatic heterocycles. The average Bonchev–Trinajstić information content (AvgIpc) is 3.26. The Bertz CT molecular complexity index is 1130. The summed E-state index contributed by atoms with van der Waals surface area (Å²) >= 11 is 6.17. The Hall–Kier alpha value is -2.37. The summed E-state index contributed by atoms with van der Waals surface area (Å²) in [5.41, 5.74) is 5.86. The van der Waals surface area contributed by atoms with E-state index in [1.165, 1.54) is 6.42 Å². The zero-order valence-corrected chi connectivity index (χ0v) is 22.2. The number of carbonyl (C=O) groups excluding carboxylic acids is 1. The first kappa shape index (κ1) is 25.7. The minimum absolute atomic E-state index is 0.102. The van der Waals surface area contributed by atoms with Gasteiger partial charge in [-0.15, -0.1) is 0 Å². The largest absolute Gasteiger partial charge is 0.479 e. The molecule has 1 atom stereocenters. The maximum absolute atomic E-state index is 13.4. The van der Waals surface area contributed by atoms with Crippen LogP contribution >= 0.6 is 11.6 Å². The van der Waals surface area contributed by atoms with Crippen molar-refractivity contribution >= 4 is 23.5 Å². The standard InChI is InChI=1S/C29H36ClNO4/c1-17-22-15-31(27(32)20-9-7-6-8-10-20)16-23(22)18(2)25(26(28(33)34)35-29(3,4)5)24(17)19-11-13-21(30)14-12-19/h11-14,20,26H,6-10,15-16H2,1-5H3,(H,33,34). The molecule has 1 saturated carbocycles. The van der Waals surface area contributed by atoms with Crippen LogP contribution in [0.4, 0.5) is 0 Å². The van der Waals surface area contributed by atoms with Crippen molar-refractivity contribution < 1.29 is 19.4 Å². The van der Waals surface area contributed by atoms with Gasteiger partial charge in [-0.05, 0) is 93.0 Å². The molecular weight excluding hydrogens is 462 g/mol. The maximum Gasteiger partial charge on any atom is 0.337 e. The highest BCUT2D eigenvalue weighted by Gasteiger charge is 2.37. The molecule has 0 aromatic heterocycles. The van der Waals surface area contributed by atoms with Crippen molar-refractivity contribution in [2.45, 2.75) is 91.5 Å².